The van der Waals surface area contributed by atoms with Crippen molar-refractivity contribution >= 4 is 0 Å². The van der Waals surface area contributed by atoms with Gasteiger partial charge in [-0.15, -0.1) is 0 Å². The van der Waals surface area contributed by atoms with Crippen molar-refractivity contribution in [3.8, 4) is 11.5 Å². The van der Waals surface area contributed by atoms with Gasteiger partial charge in [-0.3, -0.25) is 9.80 Å². The molecule has 2 atom stereocenters. The Kier molecular flexibility index (Phi) is 6.06. The summed E-state index contributed by atoms with van der Waals surface area (Å²) in [5, 5.41) is 19.3. The Balaban J connectivity index is 1.46. The van der Waals surface area contributed by atoms with Gasteiger partial charge >= 0.3 is 0 Å². The van der Waals surface area contributed by atoms with Crippen LogP contribution in [0.2, 0.25) is 0 Å². The molecule has 2 heterocycles. The highest BCUT2D eigenvalue weighted by molar-refractivity contribution is 5.43. The van der Waals surface area contributed by atoms with E-state index in [0.717, 1.165) is 31.0 Å². The number of aliphatic hydroxyl groups excluding tert-OH is 2. The van der Waals surface area contributed by atoms with Crippen LogP contribution in [0.1, 0.15) is 36.1 Å². The number of β-amino-alcohol motifs (C(OH)–C–C–N with tert-alkyl or cyclic N) is 2. The summed E-state index contributed by atoms with van der Waals surface area (Å²) in [6, 6.07) is 12.8. The predicted molar refractivity (Wildman–Crippen MR) is 111 cm³/mol. The number of hydrogen-bond acceptors (Lipinski definition) is 6. The lowest BCUT2D eigenvalue weighted by atomic mass is 9.99. The van der Waals surface area contributed by atoms with Crippen LogP contribution in [0, 0.1) is 0 Å². The summed E-state index contributed by atoms with van der Waals surface area (Å²) in [6.45, 7) is 7.44. The van der Waals surface area contributed by atoms with Crippen LogP contribution in [-0.2, 0) is 19.5 Å². The topological polar surface area (TPSA) is 65.4 Å². The second kappa shape index (κ2) is 8.71. The van der Waals surface area contributed by atoms with E-state index in [4.69, 9.17) is 9.47 Å². The van der Waals surface area contributed by atoms with Gasteiger partial charge in [-0.2, -0.15) is 0 Å². The van der Waals surface area contributed by atoms with Gasteiger partial charge in [-0.25, -0.2) is 0 Å². The zero-order chi connectivity index (χ0) is 20.4. The fourth-order valence-corrected chi connectivity index (χ4v) is 4.13. The van der Waals surface area contributed by atoms with Crippen molar-refractivity contribution in [3.05, 3.63) is 58.7 Å². The van der Waals surface area contributed by atoms with Crippen LogP contribution in [0.25, 0.3) is 0 Å². The highest BCUT2D eigenvalue weighted by atomic mass is 16.5. The summed E-state index contributed by atoms with van der Waals surface area (Å²) in [5.41, 5.74) is 4.81. The van der Waals surface area contributed by atoms with Crippen LogP contribution < -0.4 is 9.47 Å². The zero-order valence-corrected chi connectivity index (χ0v) is 17.2. The molecule has 0 aliphatic carbocycles. The molecule has 2 aliphatic heterocycles. The van der Waals surface area contributed by atoms with E-state index in [1.54, 1.807) is 13.8 Å². The first-order valence-electron chi connectivity index (χ1n) is 10.3. The van der Waals surface area contributed by atoms with Crippen molar-refractivity contribution in [2.45, 2.75) is 45.6 Å². The lowest BCUT2D eigenvalue weighted by Gasteiger charge is -2.30. The van der Waals surface area contributed by atoms with Crippen molar-refractivity contribution in [1.82, 2.24) is 9.80 Å². The molecule has 0 saturated heterocycles. The van der Waals surface area contributed by atoms with Crippen molar-refractivity contribution in [3.63, 3.8) is 0 Å². The first-order valence-corrected chi connectivity index (χ1v) is 10.3. The molecule has 2 aliphatic rings. The minimum Gasteiger partial charge on any atom is -0.478 e. The van der Waals surface area contributed by atoms with Gasteiger partial charge in [0, 0.05) is 37.3 Å². The molecule has 0 spiro atoms. The van der Waals surface area contributed by atoms with E-state index in [9.17, 15) is 10.2 Å². The highest BCUT2D eigenvalue weighted by Gasteiger charge is 2.20. The maximum atomic E-state index is 9.64. The van der Waals surface area contributed by atoms with Crippen LogP contribution in [0.4, 0.5) is 0 Å². The third kappa shape index (κ3) is 5.08. The molecular formula is C23H30N2O4. The quantitative estimate of drug-likeness (QED) is 0.779. The van der Waals surface area contributed by atoms with E-state index < -0.39 is 0 Å². The number of hydrogen-bond donors (Lipinski definition) is 2. The lowest BCUT2D eigenvalue weighted by Crippen LogP contribution is -2.36. The molecule has 0 bridgehead atoms. The second-order valence-corrected chi connectivity index (χ2v) is 8.33. The van der Waals surface area contributed by atoms with Crippen molar-refractivity contribution in [2.24, 2.45) is 0 Å². The van der Waals surface area contributed by atoms with Crippen LogP contribution in [0.5, 0.6) is 11.5 Å². The monoisotopic (exact) mass is 398 g/mol. The molecule has 2 aromatic rings. The normalized spacial score (nSPS) is 18.9. The second-order valence-electron chi connectivity index (χ2n) is 8.33. The molecule has 2 aromatic carbocycles. The minimum absolute atomic E-state index is 0.366. The summed E-state index contributed by atoms with van der Waals surface area (Å²) in [5.74, 6) is 1.87. The number of rotatable bonds is 6. The van der Waals surface area contributed by atoms with Crippen LogP contribution in [0.15, 0.2) is 36.4 Å². The molecule has 156 valence electrons. The number of nitrogens with zero attached hydrogens (tertiary/aromatic N) is 2. The Bertz CT molecular complexity index is 783. The molecule has 29 heavy (non-hydrogen) atoms. The average Bonchev–Trinajstić information content (AvgIpc) is 2.66. The van der Waals surface area contributed by atoms with Gasteiger partial charge in [0.25, 0.3) is 0 Å². The summed E-state index contributed by atoms with van der Waals surface area (Å²) >= 11 is 0. The molecule has 2 N–H and O–H groups in total. The maximum absolute atomic E-state index is 9.64. The Morgan fingerprint density at radius 3 is 1.66 bits per heavy atom. The van der Waals surface area contributed by atoms with E-state index in [0.29, 0.717) is 26.6 Å². The standard InChI is InChI=1S/C23H30N2O4/c1-16(26)10-24-12-20-8-18(3-5-22(20)28-14-24)7-19-4-6-23-21(9-19)13-25(15-29-23)11-17(2)27/h3-6,8-9,16-17,26-27H,7,10-15H2,1-2H3. The molecule has 6 heteroatoms. The Morgan fingerprint density at radius 2 is 1.24 bits per heavy atom. The van der Waals surface area contributed by atoms with Crippen LogP contribution in [-0.4, -0.2) is 58.8 Å². The maximum Gasteiger partial charge on any atom is 0.142 e. The van der Waals surface area contributed by atoms with Gasteiger partial charge in [-0.1, -0.05) is 24.3 Å². The van der Waals surface area contributed by atoms with Gasteiger partial charge in [-0.05, 0) is 43.5 Å². The zero-order valence-electron chi connectivity index (χ0n) is 17.2. The highest BCUT2D eigenvalue weighted by Crippen LogP contribution is 2.29. The first-order chi connectivity index (χ1) is 14.0. The van der Waals surface area contributed by atoms with E-state index in [1.807, 2.05) is 0 Å². The van der Waals surface area contributed by atoms with Crippen molar-refractivity contribution in [1.29, 1.82) is 0 Å². The molecule has 0 fully saturated rings. The molecule has 0 aromatic heterocycles. The number of aliphatic hydroxyl groups is 2. The number of benzene rings is 2. The predicted octanol–water partition coefficient (Wildman–Crippen LogP) is 2.34. The molecular weight excluding hydrogens is 368 g/mol. The Hall–Kier alpha value is -2.12. The molecule has 6 nitrogen and oxygen atoms in total. The van der Waals surface area contributed by atoms with E-state index >= 15 is 0 Å². The SMILES string of the molecule is CC(O)CN1COc2ccc(Cc3ccc4c(c3)CN(CC(C)O)CO4)cc2C1. The summed E-state index contributed by atoms with van der Waals surface area (Å²) in [6.07, 6.45) is 0.108. The van der Waals surface area contributed by atoms with E-state index in [1.165, 1.54) is 22.3 Å². The number of fused-ring (bicyclic) bond motifs is 2. The largest absolute Gasteiger partial charge is 0.478 e. The third-order valence-electron chi connectivity index (χ3n) is 5.30. The summed E-state index contributed by atoms with van der Waals surface area (Å²) in [7, 11) is 0. The first kappa shape index (κ1) is 20.2. The van der Waals surface area contributed by atoms with Crippen LogP contribution >= 0.6 is 0 Å². The third-order valence-corrected chi connectivity index (χ3v) is 5.30. The molecule has 0 saturated carbocycles. The summed E-state index contributed by atoms with van der Waals surface area (Å²) < 4.78 is 11.7. The summed E-state index contributed by atoms with van der Waals surface area (Å²) in [4.78, 5) is 4.23. The fourth-order valence-electron chi connectivity index (χ4n) is 4.13. The van der Waals surface area contributed by atoms with Gasteiger partial charge in [0.15, 0.2) is 0 Å². The molecule has 0 amide bonds. The minimum atomic E-state index is -0.366. The number of ether oxygens (including phenoxy) is 2. The van der Waals surface area contributed by atoms with E-state index in [-0.39, 0.29) is 12.2 Å². The van der Waals surface area contributed by atoms with Gasteiger partial charge in [0.2, 0.25) is 0 Å². The Morgan fingerprint density at radius 1 is 0.793 bits per heavy atom. The average molecular weight is 399 g/mol. The smallest absolute Gasteiger partial charge is 0.142 e. The van der Waals surface area contributed by atoms with E-state index in [2.05, 4.69) is 46.2 Å². The van der Waals surface area contributed by atoms with Gasteiger partial charge in [0.05, 0.1) is 12.2 Å². The molecule has 0 radical (unpaired) electrons. The van der Waals surface area contributed by atoms with Crippen molar-refractivity contribution < 1.29 is 19.7 Å². The van der Waals surface area contributed by atoms with Crippen LogP contribution in [0.3, 0.4) is 0 Å². The van der Waals surface area contributed by atoms with Gasteiger partial charge in [0.1, 0.15) is 25.0 Å². The molecule has 2 unspecified atom stereocenters. The molecule has 4 rings (SSSR count). The lowest BCUT2D eigenvalue weighted by molar-refractivity contribution is 0.0501. The van der Waals surface area contributed by atoms with Crippen molar-refractivity contribution in [2.75, 3.05) is 26.6 Å². The van der Waals surface area contributed by atoms with Gasteiger partial charge < -0.3 is 19.7 Å². The fraction of sp³-hybridized carbons (Fsp3) is 0.478. The Labute approximate surface area is 172 Å².